The smallest absolute Gasteiger partial charge is 0.480 e. The van der Waals surface area contributed by atoms with Crippen LogP contribution in [0.4, 0.5) is 0 Å². The van der Waals surface area contributed by atoms with Crippen LogP contribution in [0.1, 0.15) is 24.8 Å². The fraction of sp³-hybridized carbons (Fsp3) is 0.429. The number of aliphatic carboxylic acids is 1. The second kappa shape index (κ2) is 7.24. The highest BCUT2D eigenvalue weighted by Gasteiger charge is 2.35. The lowest BCUT2D eigenvalue weighted by molar-refractivity contribution is -0.139. The highest BCUT2D eigenvalue weighted by molar-refractivity contribution is 6.45. The minimum atomic E-state index is -1.10. The lowest BCUT2D eigenvalue weighted by Gasteiger charge is -2.28. The van der Waals surface area contributed by atoms with Crippen molar-refractivity contribution in [2.24, 2.45) is 10.7 Å². The van der Waals surface area contributed by atoms with Gasteiger partial charge in [-0.05, 0) is 18.4 Å². The molecule has 1 aliphatic heterocycles. The van der Waals surface area contributed by atoms with Crippen molar-refractivity contribution in [3.8, 4) is 0 Å². The molecule has 0 aromatic heterocycles. The summed E-state index contributed by atoms with van der Waals surface area (Å²) < 4.78 is 5.27. The third kappa shape index (κ3) is 4.88. The van der Waals surface area contributed by atoms with Gasteiger partial charge in [0.15, 0.2) is 0 Å². The van der Waals surface area contributed by atoms with E-state index >= 15 is 0 Å². The molecule has 0 unspecified atom stereocenters. The Morgan fingerprint density at radius 1 is 1.38 bits per heavy atom. The van der Waals surface area contributed by atoms with Gasteiger partial charge in [0.1, 0.15) is 0 Å². The molecule has 0 aliphatic carbocycles. The summed E-state index contributed by atoms with van der Waals surface area (Å²) in [4.78, 5) is 14.9. The molecule has 4 N–H and O–H groups in total. The number of amidine groups is 1. The molecule has 0 saturated carbocycles. The van der Waals surface area contributed by atoms with E-state index in [9.17, 15) is 9.82 Å². The van der Waals surface area contributed by atoms with Crippen LogP contribution in [0.2, 0.25) is 0 Å². The second-order valence-electron chi connectivity index (χ2n) is 5.17. The summed E-state index contributed by atoms with van der Waals surface area (Å²) in [7, 11) is -1.10. The zero-order chi connectivity index (χ0) is 15.2. The van der Waals surface area contributed by atoms with Crippen LogP contribution in [-0.4, -0.2) is 41.1 Å². The van der Waals surface area contributed by atoms with Crippen molar-refractivity contribution in [1.82, 2.24) is 0 Å². The fourth-order valence-electron chi connectivity index (χ4n) is 2.39. The van der Waals surface area contributed by atoms with Gasteiger partial charge in [0.05, 0.1) is 24.3 Å². The Morgan fingerprint density at radius 2 is 2.10 bits per heavy atom. The summed E-state index contributed by atoms with van der Waals surface area (Å²) in [5.74, 6) is -0.929. The molecular weight excluding hydrogens is 271 g/mol. The molecule has 1 fully saturated rings. The lowest BCUT2D eigenvalue weighted by Crippen LogP contribution is -2.43. The molecule has 0 radical (unpaired) electrons. The van der Waals surface area contributed by atoms with E-state index in [1.165, 1.54) is 0 Å². The molecule has 1 aromatic rings. The quantitative estimate of drug-likeness (QED) is 0.419. The topological polar surface area (TPSA) is 105 Å². The molecular formula is C14H19BN2O4. The number of carboxylic acid groups (broad SMARTS) is 1. The van der Waals surface area contributed by atoms with Crippen LogP contribution >= 0.6 is 0 Å². The van der Waals surface area contributed by atoms with E-state index in [1.807, 2.05) is 30.3 Å². The van der Waals surface area contributed by atoms with Crippen LogP contribution in [0.25, 0.3) is 0 Å². The van der Waals surface area contributed by atoms with E-state index in [0.29, 0.717) is 25.1 Å². The van der Waals surface area contributed by atoms with Crippen LogP contribution in [0.15, 0.2) is 35.3 Å². The van der Waals surface area contributed by atoms with Gasteiger partial charge in [-0.25, -0.2) is 0 Å². The first kappa shape index (κ1) is 15.5. The molecule has 1 saturated heterocycles. The molecule has 0 spiro atoms. The molecule has 2 rings (SSSR count). The maximum atomic E-state index is 10.6. The predicted octanol–water partition coefficient (Wildman–Crippen LogP) is 0.628. The number of carbonyl (C=O) groups is 1. The predicted molar refractivity (Wildman–Crippen MR) is 79.9 cm³/mol. The van der Waals surface area contributed by atoms with Gasteiger partial charge in [-0.3, -0.25) is 9.79 Å². The monoisotopic (exact) mass is 290 g/mol. The van der Waals surface area contributed by atoms with Crippen molar-refractivity contribution >= 4 is 18.9 Å². The van der Waals surface area contributed by atoms with E-state index in [-0.39, 0.29) is 6.42 Å². The molecule has 21 heavy (non-hydrogen) atoms. The molecule has 1 heterocycles. The minimum Gasteiger partial charge on any atom is -0.481 e. The molecule has 6 nitrogen and oxygen atoms in total. The van der Waals surface area contributed by atoms with E-state index in [0.717, 1.165) is 5.56 Å². The SMILES string of the molecule is N/C(Cc1ccccc1)=N\[C@H]1CC[C@@H](CC(=O)O)OB1O. The number of nitrogens with two attached hydrogens (primary N) is 1. The van der Waals surface area contributed by atoms with Gasteiger partial charge in [-0.2, -0.15) is 0 Å². The molecule has 7 heteroatoms. The van der Waals surface area contributed by atoms with Gasteiger partial charge in [-0.15, -0.1) is 0 Å². The first-order chi connectivity index (χ1) is 10.0. The number of nitrogens with zero attached hydrogens (tertiary/aromatic N) is 1. The van der Waals surface area contributed by atoms with Gasteiger partial charge in [0.25, 0.3) is 0 Å². The highest BCUT2D eigenvalue weighted by Crippen LogP contribution is 2.21. The third-order valence-corrected chi connectivity index (χ3v) is 3.41. The normalized spacial score (nSPS) is 23.1. The molecule has 1 aromatic carbocycles. The van der Waals surface area contributed by atoms with Gasteiger partial charge >= 0.3 is 13.1 Å². The van der Waals surface area contributed by atoms with Gasteiger partial charge in [0, 0.05) is 6.42 Å². The van der Waals surface area contributed by atoms with Crippen molar-refractivity contribution in [1.29, 1.82) is 0 Å². The number of carboxylic acids is 1. The number of aliphatic imine (C=N–C) groups is 1. The van der Waals surface area contributed by atoms with Gasteiger partial charge in [0.2, 0.25) is 0 Å². The number of hydrogen-bond donors (Lipinski definition) is 3. The van der Waals surface area contributed by atoms with E-state index < -0.39 is 25.1 Å². The largest absolute Gasteiger partial charge is 0.481 e. The van der Waals surface area contributed by atoms with Crippen LogP contribution in [-0.2, 0) is 15.9 Å². The Hall–Kier alpha value is -1.86. The molecule has 2 atom stereocenters. The maximum absolute atomic E-state index is 10.6. The standard InChI is InChI=1S/C14H19BN2O4/c16-13(8-10-4-2-1-3-5-10)17-12-7-6-11(9-14(18)19)21-15(12)20/h1-5,11-12,20H,6-9H2,(H2,16,17)(H,18,19)/t11-,12-/m0/s1. The van der Waals surface area contributed by atoms with E-state index in [4.69, 9.17) is 15.5 Å². The maximum Gasteiger partial charge on any atom is 0.480 e. The van der Waals surface area contributed by atoms with Crippen LogP contribution in [0, 0.1) is 0 Å². The molecule has 112 valence electrons. The second-order valence-corrected chi connectivity index (χ2v) is 5.17. The van der Waals surface area contributed by atoms with Crippen molar-refractivity contribution < 1.29 is 19.6 Å². The molecule has 0 amide bonds. The summed E-state index contributed by atoms with van der Waals surface area (Å²) in [6, 6.07) is 9.70. The Kier molecular flexibility index (Phi) is 5.35. The lowest BCUT2D eigenvalue weighted by atomic mass is 9.72. The Morgan fingerprint density at radius 3 is 2.71 bits per heavy atom. The van der Waals surface area contributed by atoms with Crippen LogP contribution in [0.5, 0.6) is 0 Å². The van der Waals surface area contributed by atoms with Crippen molar-refractivity contribution in [2.75, 3.05) is 0 Å². The van der Waals surface area contributed by atoms with Crippen molar-refractivity contribution in [3.63, 3.8) is 0 Å². The Bertz CT molecular complexity index is 509. The summed E-state index contributed by atoms with van der Waals surface area (Å²) in [5, 5.41) is 18.6. The van der Waals surface area contributed by atoms with Crippen LogP contribution < -0.4 is 5.73 Å². The van der Waals surface area contributed by atoms with Crippen molar-refractivity contribution in [3.05, 3.63) is 35.9 Å². The minimum absolute atomic E-state index is 0.104. The Labute approximate surface area is 123 Å². The molecule has 1 aliphatic rings. The average Bonchev–Trinajstić information content (AvgIpc) is 2.42. The van der Waals surface area contributed by atoms with Gasteiger partial charge in [-0.1, -0.05) is 30.3 Å². The highest BCUT2D eigenvalue weighted by atomic mass is 16.5. The zero-order valence-electron chi connectivity index (χ0n) is 11.7. The summed E-state index contributed by atoms with van der Waals surface area (Å²) >= 11 is 0. The zero-order valence-corrected chi connectivity index (χ0v) is 11.7. The van der Waals surface area contributed by atoms with E-state index in [2.05, 4.69) is 4.99 Å². The van der Waals surface area contributed by atoms with Crippen molar-refractivity contribution in [2.45, 2.75) is 37.7 Å². The van der Waals surface area contributed by atoms with E-state index in [1.54, 1.807) is 0 Å². The number of rotatable bonds is 5. The summed E-state index contributed by atoms with van der Waals surface area (Å²) in [6.45, 7) is 0. The first-order valence-corrected chi connectivity index (χ1v) is 6.96. The average molecular weight is 290 g/mol. The van der Waals surface area contributed by atoms with Gasteiger partial charge < -0.3 is 20.5 Å². The van der Waals surface area contributed by atoms with Crippen LogP contribution in [0.3, 0.4) is 0 Å². The first-order valence-electron chi connectivity index (χ1n) is 6.96. The summed E-state index contributed by atoms with van der Waals surface area (Å²) in [6.07, 6.45) is 1.07. The fourth-order valence-corrected chi connectivity index (χ4v) is 2.39. The Balaban J connectivity index is 1.90. The summed E-state index contributed by atoms with van der Waals surface area (Å²) in [5.41, 5.74) is 6.95. The number of hydrogen-bond acceptors (Lipinski definition) is 4. The number of benzene rings is 1. The third-order valence-electron chi connectivity index (χ3n) is 3.41. The molecule has 0 bridgehead atoms.